The van der Waals surface area contributed by atoms with Gasteiger partial charge in [0, 0.05) is 34.8 Å². The summed E-state index contributed by atoms with van der Waals surface area (Å²) in [4.78, 5) is 35.6. The maximum absolute atomic E-state index is 12.3. The lowest BCUT2D eigenvalue weighted by atomic mass is 10.1. The molecule has 0 bridgehead atoms. The van der Waals surface area contributed by atoms with Crippen molar-refractivity contribution in [3.8, 4) is 5.75 Å². The molecule has 0 aliphatic rings. The van der Waals surface area contributed by atoms with Crippen molar-refractivity contribution in [2.75, 3.05) is 16.0 Å². The van der Waals surface area contributed by atoms with Gasteiger partial charge in [-0.2, -0.15) is 0 Å². The van der Waals surface area contributed by atoms with E-state index in [1.165, 1.54) is 6.92 Å². The number of nitrogens with one attached hydrogen (secondary N) is 3. The molecule has 0 saturated carbocycles. The Kier molecular flexibility index (Phi) is 5.03. The lowest BCUT2D eigenvalue weighted by molar-refractivity contribution is -0.132. The lowest BCUT2D eigenvalue weighted by Gasteiger charge is -2.10. The first-order valence-corrected chi connectivity index (χ1v) is 8.15. The first-order valence-electron chi connectivity index (χ1n) is 8.15. The van der Waals surface area contributed by atoms with Crippen molar-refractivity contribution in [3.05, 3.63) is 60.7 Å². The van der Waals surface area contributed by atoms with Crippen LogP contribution in [0, 0.1) is 0 Å². The molecule has 0 fully saturated rings. The predicted octanol–water partition coefficient (Wildman–Crippen LogP) is 3.08. The Morgan fingerprint density at radius 2 is 1.33 bits per heavy atom. The highest BCUT2D eigenvalue weighted by Crippen LogP contribution is 2.29. The number of phenols is 1. The van der Waals surface area contributed by atoms with Crippen molar-refractivity contribution >= 4 is 45.6 Å². The van der Waals surface area contributed by atoms with Crippen LogP contribution in [0.5, 0.6) is 5.75 Å². The zero-order valence-electron chi connectivity index (χ0n) is 14.4. The van der Waals surface area contributed by atoms with Crippen LogP contribution in [0.25, 0.3) is 10.8 Å². The summed E-state index contributed by atoms with van der Waals surface area (Å²) in [7, 11) is 0. The van der Waals surface area contributed by atoms with E-state index in [1.807, 2.05) is 0 Å². The van der Waals surface area contributed by atoms with E-state index in [4.69, 9.17) is 0 Å². The van der Waals surface area contributed by atoms with Crippen LogP contribution in [0.1, 0.15) is 6.92 Å². The highest BCUT2D eigenvalue weighted by atomic mass is 16.3. The molecule has 0 aliphatic carbocycles. The minimum Gasteiger partial charge on any atom is -0.507 e. The van der Waals surface area contributed by atoms with Gasteiger partial charge in [0.1, 0.15) is 5.75 Å². The van der Waals surface area contributed by atoms with Crippen molar-refractivity contribution in [3.63, 3.8) is 0 Å². The number of hydrogen-bond donors (Lipinski definition) is 4. The van der Waals surface area contributed by atoms with Gasteiger partial charge in [-0.05, 0) is 30.3 Å². The molecule has 0 atom stereocenters. The molecule has 0 saturated heterocycles. The number of aromatic hydroxyl groups is 1. The molecule has 0 heterocycles. The Morgan fingerprint density at radius 3 is 2.07 bits per heavy atom. The molecule has 0 spiro atoms. The minimum atomic E-state index is -0.855. The minimum absolute atomic E-state index is 0.0860. The third kappa shape index (κ3) is 4.21. The molecule has 0 aliphatic heterocycles. The number of carbonyl (C=O) groups is 3. The lowest BCUT2D eigenvalue weighted by Crippen LogP contribution is -2.29. The average molecular weight is 363 g/mol. The smallest absolute Gasteiger partial charge is 0.314 e. The van der Waals surface area contributed by atoms with Crippen LogP contribution >= 0.6 is 0 Å². The van der Waals surface area contributed by atoms with E-state index in [0.717, 1.165) is 0 Å². The topological polar surface area (TPSA) is 108 Å². The van der Waals surface area contributed by atoms with Gasteiger partial charge in [-0.1, -0.05) is 30.3 Å². The monoisotopic (exact) mass is 363 g/mol. The van der Waals surface area contributed by atoms with Gasteiger partial charge >= 0.3 is 11.8 Å². The number of hydrogen-bond acceptors (Lipinski definition) is 4. The quantitative estimate of drug-likeness (QED) is 0.536. The molecule has 0 radical (unpaired) electrons. The summed E-state index contributed by atoms with van der Waals surface area (Å²) < 4.78 is 0. The molecular formula is C20H17N3O4. The van der Waals surface area contributed by atoms with Gasteiger partial charge in [0.15, 0.2) is 0 Å². The van der Waals surface area contributed by atoms with Crippen LogP contribution in [-0.4, -0.2) is 22.8 Å². The molecule has 7 heteroatoms. The second kappa shape index (κ2) is 7.57. The number of carbonyl (C=O) groups excluding carboxylic acids is 3. The molecular weight excluding hydrogens is 346 g/mol. The van der Waals surface area contributed by atoms with Crippen molar-refractivity contribution in [1.82, 2.24) is 0 Å². The third-order valence-electron chi connectivity index (χ3n) is 3.79. The van der Waals surface area contributed by atoms with Crippen molar-refractivity contribution in [1.29, 1.82) is 0 Å². The maximum Gasteiger partial charge on any atom is 0.314 e. The standard InChI is InChI=1S/C20H17N3O4/c1-12(24)21-13-5-2-6-14(11-13)22-19(26)20(27)23-17-9-3-8-16-15(17)7-4-10-18(16)25/h2-11,25H,1H3,(H,21,24)(H,22,26)(H,23,27). The number of anilines is 3. The zero-order chi connectivity index (χ0) is 19.4. The summed E-state index contributed by atoms with van der Waals surface area (Å²) in [6, 6.07) is 16.4. The van der Waals surface area contributed by atoms with Crippen molar-refractivity contribution < 1.29 is 19.5 Å². The third-order valence-corrected chi connectivity index (χ3v) is 3.79. The Morgan fingerprint density at radius 1 is 0.741 bits per heavy atom. The fourth-order valence-electron chi connectivity index (χ4n) is 2.65. The molecule has 4 N–H and O–H groups in total. The summed E-state index contributed by atoms with van der Waals surface area (Å²) in [6.45, 7) is 1.38. The maximum atomic E-state index is 12.3. The Bertz CT molecular complexity index is 1050. The van der Waals surface area contributed by atoms with Crippen LogP contribution in [-0.2, 0) is 14.4 Å². The van der Waals surface area contributed by atoms with E-state index in [9.17, 15) is 19.5 Å². The molecule has 3 aromatic carbocycles. The highest BCUT2D eigenvalue weighted by Gasteiger charge is 2.16. The Balaban J connectivity index is 1.75. The molecule has 27 heavy (non-hydrogen) atoms. The number of rotatable bonds is 3. The van der Waals surface area contributed by atoms with Gasteiger partial charge in [-0.3, -0.25) is 14.4 Å². The number of amides is 3. The average Bonchev–Trinajstić information content (AvgIpc) is 2.62. The van der Waals surface area contributed by atoms with Gasteiger partial charge in [0.2, 0.25) is 5.91 Å². The number of phenolic OH excluding ortho intramolecular Hbond substituents is 1. The summed E-state index contributed by atoms with van der Waals surface area (Å²) in [6.07, 6.45) is 0. The first-order chi connectivity index (χ1) is 12.9. The van der Waals surface area contributed by atoms with Crippen LogP contribution in [0.2, 0.25) is 0 Å². The fourth-order valence-corrected chi connectivity index (χ4v) is 2.65. The second-order valence-corrected chi connectivity index (χ2v) is 5.85. The van der Waals surface area contributed by atoms with Crippen molar-refractivity contribution in [2.24, 2.45) is 0 Å². The molecule has 7 nitrogen and oxygen atoms in total. The molecule has 0 aromatic heterocycles. The van der Waals surface area contributed by atoms with Gasteiger partial charge < -0.3 is 21.1 Å². The van der Waals surface area contributed by atoms with E-state index in [1.54, 1.807) is 60.7 Å². The van der Waals surface area contributed by atoms with Gasteiger partial charge in [-0.25, -0.2) is 0 Å². The van der Waals surface area contributed by atoms with Crippen LogP contribution < -0.4 is 16.0 Å². The molecule has 3 amide bonds. The summed E-state index contributed by atoms with van der Waals surface area (Å²) in [5.41, 5.74) is 1.29. The molecule has 0 unspecified atom stereocenters. The Hall–Kier alpha value is -3.87. The Labute approximate surface area is 155 Å². The van der Waals surface area contributed by atoms with Gasteiger partial charge in [0.25, 0.3) is 0 Å². The summed E-state index contributed by atoms with van der Waals surface area (Å²) >= 11 is 0. The highest BCUT2D eigenvalue weighted by molar-refractivity contribution is 6.44. The molecule has 3 rings (SSSR count). The van der Waals surface area contributed by atoms with Crippen LogP contribution in [0.4, 0.5) is 17.1 Å². The van der Waals surface area contributed by atoms with Gasteiger partial charge in [0.05, 0.1) is 0 Å². The van der Waals surface area contributed by atoms with Gasteiger partial charge in [-0.15, -0.1) is 0 Å². The van der Waals surface area contributed by atoms with Crippen LogP contribution in [0.3, 0.4) is 0 Å². The predicted molar refractivity (Wildman–Crippen MR) is 104 cm³/mol. The van der Waals surface area contributed by atoms with Crippen molar-refractivity contribution in [2.45, 2.75) is 6.92 Å². The SMILES string of the molecule is CC(=O)Nc1cccc(NC(=O)C(=O)Nc2cccc3c(O)cccc23)c1. The number of fused-ring (bicyclic) bond motifs is 1. The molecule has 136 valence electrons. The fraction of sp³-hybridized carbons (Fsp3) is 0.0500. The zero-order valence-corrected chi connectivity index (χ0v) is 14.4. The van der Waals surface area contributed by atoms with E-state index < -0.39 is 11.8 Å². The second-order valence-electron chi connectivity index (χ2n) is 5.85. The van der Waals surface area contributed by atoms with E-state index in [0.29, 0.717) is 27.8 Å². The summed E-state index contributed by atoms with van der Waals surface area (Å²) in [5.74, 6) is -1.86. The largest absolute Gasteiger partial charge is 0.507 e. The van der Waals surface area contributed by atoms with Crippen LogP contribution in [0.15, 0.2) is 60.7 Å². The molecule has 3 aromatic rings. The van der Waals surface area contributed by atoms with E-state index in [2.05, 4.69) is 16.0 Å². The summed E-state index contributed by atoms with van der Waals surface area (Å²) in [5, 5.41) is 18.7. The normalized spacial score (nSPS) is 10.3. The first kappa shape index (κ1) is 17.9. The van der Waals surface area contributed by atoms with E-state index in [-0.39, 0.29) is 11.7 Å². The number of benzene rings is 3. The van der Waals surface area contributed by atoms with E-state index >= 15 is 0 Å².